The van der Waals surface area contributed by atoms with Crippen LogP contribution in [0.5, 0.6) is 0 Å². The third-order valence-corrected chi connectivity index (χ3v) is 5.87. The van der Waals surface area contributed by atoms with Crippen LogP contribution in [0.2, 0.25) is 0 Å². The average Bonchev–Trinajstić information content (AvgIpc) is 2.90. The highest BCUT2D eigenvalue weighted by Crippen LogP contribution is 2.16. The molecule has 0 aliphatic rings. The number of carbonyl (C=O) groups excluding carboxylic acids is 4. The van der Waals surface area contributed by atoms with Gasteiger partial charge in [-0.05, 0) is 51.8 Å². The number of anilines is 1. The molecule has 0 spiro atoms. The standard InChI is InChI=1S/C29H39N5O7/c1-6-7-13-23(26(36)31-21-14-16-22(17-15-21)34(39)40)32-25(35)19(2)30-27(37)24(18-20-11-9-8-10-12-20)33-28(38)41-29(3,4)5/h8-12,14-17,19,23-24H,6-7,13,18H2,1-5H3,(H,30,37)(H,31,36)(H,32,35)(H,33,38). The molecule has 0 aliphatic carbocycles. The van der Waals surface area contributed by atoms with Crippen molar-refractivity contribution < 1.29 is 28.8 Å². The fourth-order valence-corrected chi connectivity index (χ4v) is 3.76. The van der Waals surface area contributed by atoms with Gasteiger partial charge >= 0.3 is 6.09 Å². The zero-order valence-corrected chi connectivity index (χ0v) is 24.1. The number of hydrogen-bond donors (Lipinski definition) is 4. The number of nitrogens with zero attached hydrogens (tertiary/aromatic N) is 1. The highest BCUT2D eigenvalue weighted by atomic mass is 16.6. The van der Waals surface area contributed by atoms with E-state index >= 15 is 0 Å². The number of carbonyl (C=O) groups is 4. The van der Waals surface area contributed by atoms with Crippen molar-refractivity contribution in [3.63, 3.8) is 0 Å². The minimum absolute atomic E-state index is 0.116. The van der Waals surface area contributed by atoms with E-state index in [4.69, 9.17) is 4.74 Å². The summed E-state index contributed by atoms with van der Waals surface area (Å²) in [6.07, 6.45) is 1.17. The first-order valence-electron chi connectivity index (χ1n) is 13.5. The molecule has 2 aromatic rings. The van der Waals surface area contributed by atoms with Crippen LogP contribution >= 0.6 is 0 Å². The van der Waals surface area contributed by atoms with Crippen molar-refractivity contribution in [2.45, 2.75) is 84.0 Å². The molecule has 222 valence electrons. The fourth-order valence-electron chi connectivity index (χ4n) is 3.76. The van der Waals surface area contributed by atoms with Gasteiger partial charge in [0.2, 0.25) is 17.7 Å². The van der Waals surface area contributed by atoms with Crippen LogP contribution in [0.4, 0.5) is 16.2 Å². The number of rotatable bonds is 13. The van der Waals surface area contributed by atoms with Crippen LogP contribution in [0.15, 0.2) is 54.6 Å². The monoisotopic (exact) mass is 569 g/mol. The zero-order valence-electron chi connectivity index (χ0n) is 24.1. The summed E-state index contributed by atoms with van der Waals surface area (Å²) in [4.78, 5) is 61.9. The Morgan fingerprint density at radius 1 is 0.878 bits per heavy atom. The Labute approximate surface area is 239 Å². The van der Waals surface area contributed by atoms with Crippen molar-refractivity contribution in [3.05, 3.63) is 70.3 Å². The predicted molar refractivity (Wildman–Crippen MR) is 154 cm³/mol. The summed E-state index contributed by atoms with van der Waals surface area (Å²) in [7, 11) is 0. The molecule has 0 aliphatic heterocycles. The largest absolute Gasteiger partial charge is 0.444 e. The minimum atomic E-state index is -1.03. The lowest BCUT2D eigenvalue weighted by Gasteiger charge is -2.25. The number of nitrogens with one attached hydrogen (secondary N) is 4. The van der Waals surface area contributed by atoms with Gasteiger partial charge in [0.05, 0.1) is 4.92 Å². The molecular weight excluding hydrogens is 530 g/mol. The Balaban J connectivity index is 2.08. The number of unbranched alkanes of at least 4 members (excludes halogenated alkanes) is 1. The van der Waals surface area contributed by atoms with Crippen LogP contribution in [0, 0.1) is 10.1 Å². The molecule has 3 atom stereocenters. The van der Waals surface area contributed by atoms with Crippen molar-refractivity contribution in [1.29, 1.82) is 0 Å². The number of hydrogen-bond acceptors (Lipinski definition) is 7. The molecule has 0 aromatic heterocycles. The van der Waals surface area contributed by atoms with E-state index < -0.39 is 52.5 Å². The maximum absolute atomic E-state index is 13.2. The Kier molecular flexibility index (Phi) is 12.2. The maximum Gasteiger partial charge on any atom is 0.408 e. The van der Waals surface area contributed by atoms with E-state index in [-0.39, 0.29) is 12.1 Å². The van der Waals surface area contributed by atoms with Gasteiger partial charge in [0.15, 0.2) is 0 Å². The normalized spacial score (nSPS) is 13.2. The second kappa shape index (κ2) is 15.3. The number of ether oxygens (including phenoxy) is 1. The van der Waals surface area contributed by atoms with E-state index in [0.29, 0.717) is 18.5 Å². The fraction of sp³-hybridized carbons (Fsp3) is 0.448. The van der Waals surface area contributed by atoms with Gasteiger partial charge in [-0.1, -0.05) is 50.1 Å². The molecule has 12 heteroatoms. The summed E-state index contributed by atoms with van der Waals surface area (Å²) < 4.78 is 5.30. The maximum atomic E-state index is 13.2. The lowest BCUT2D eigenvalue weighted by molar-refractivity contribution is -0.384. The first-order valence-corrected chi connectivity index (χ1v) is 13.5. The van der Waals surface area contributed by atoms with E-state index in [9.17, 15) is 29.3 Å². The molecule has 2 aromatic carbocycles. The third kappa shape index (κ3) is 11.7. The SMILES string of the molecule is CCCCC(NC(=O)C(C)NC(=O)C(Cc1ccccc1)NC(=O)OC(C)(C)C)C(=O)Nc1ccc([N+](=O)[O-])cc1. The van der Waals surface area contributed by atoms with Gasteiger partial charge in [-0.25, -0.2) is 4.79 Å². The predicted octanol–water partition coefficient (Wildman–Crippen LogP) is 3.85. The van der Waals surface area contributed by atoms with Crippen molar-refractivity contribution in [1.82, 2.24) is 16.0 Å². The Morgan fingerprint density at radius 3 is 2.07 bits per heavy atom. The van der Waals surface area contributed by atoms with Crippen molar-refractivity contribution in [3.8, 4) is 0 Å². The third-order valence-electron chi connectivity index (χ3n) is 5.87. The van der Waals surface area contributed by atoms with Gasteiger partial charge < -0.3 is 26.0 Å². The van der Waals surface area contributed by atoms with E-state index in [0.717, 1.165) is 12.0 Å². The molecule has 0 saturated carbocycles. The molecule has 0 fully saturated rings. The summed E-state index contributed by atoms with van der Waals surface area (Å²) >= 11 is 0. The first kappa shape index (κ1) is 32.7. The van der Waals surface area contributed by atoms with Gasteiger partial charge in [-0.2, -0.15) is 0 Å². The van der Waals surface area contributed by atoms with E-state index in [1.165, 1.54) is 31.2 Å². The summed E-state index contributed by atoms with van der Waals surface area (Å²) in [5.74, 6) is -1.68. The summed E-state index contributed by atoms with van der Waals surface area (Å²) in [6, 6.07) is 11.5. The lowest BCUT2D eigenvalue weighted by Crippen LogP contribution is -2.56. The van der Waals surface area contributed by atoms with Crippen molar-refractivity contribution in [2.75, 3.05) is 5.32 Å². The van der Waals surface area contributed by atoms with Gasteiger partial charge in [-0.3, -0.25) is 24.5 Å². The Hall–Kier alpha value is -4.48. The number of nitro groups is 1. The van der Waals surface area contributed by atoms with Crippen LogP contribution in [0.3, 0.4) is 0 Å². The molecule has 0 radical (unpaired) electrons. The first-order chi connectivity index (χ1) is 19.3. The molecule has 3 unspecified atom stereocenters. The smallest absolute Gasteiger partial charge is 0.408 e. The molecular formula is C29H39N5O7. The summed E-state index contributed by atoms with van der Waals surface area (Å²) in [5, 5.41) is 21.4. The van der Waals surface area contributed by atoms with E-state index in [2.05, 4.69) is 21.3 Å². The summed E-state index contributed by atoms with van der Waals surface area (Å²) in [6.45, 7) is 8.54. The number of alkyl carbamates (subject to hydrolysis) is 1. The molecule has 4 N–H and O–H groups in total. The second-order valence-electron chi connectivity index (χ2n) is 10.6. The Morgan fingerprint density at radius 2 is 1.51 bits per heavy atom. The highest BCUT2D eigenvalue weighted by Gasteiger charge is 2.29. The quantitative estimate of drug-likeness (QED) is 0.210. The number of benzene rings is 2. The summed E-state index contributed by atoms with van der Waals surface area (Å²) in [5.41, 5.74) is 0.251. The second-order valence-corrected chi connectivity index (χ2v) is 10.6. The van der Waals surface area contributed by atoms with Gasteiger partial charge in [0, 0.05) is 24.2 Å². The molecule has 0 saturated heterocycles. The van der Waals surface area contributed by atoms with Crippen LogP contribution in [-0.4, -0.2) is 52.5 Å². The van der Waals surface area contributed by atoms with Gasteiger partial charge in [0.25, 0.3) is 5.69 Å². The van der Waals surface area contributed by atoms with Gasteiger partial charge in [0.1, 0.15) is 23.7 Å². The zero-order chi connectivity index (χ0) is 30.6. The van der Waals surface area contributed by atoms with Crippen LogP contribution in [0.1, 0.15) is 59.4 Å². The average molecular weight is 570 g/mol. The molecule has 41 heavy (non-hydrogen) atoms. The molecule has 2 rings (SSSR count). The van der Waals surface area contributed by atoms with E-state index in [1.54, 1.807) is 20.8 Å². The van der Waals surface area contributed by atoms with Gasteiger partial charge in [-0.15, -0.1) is 0 Å². The highest BCUT2D eigenvalue weighted by molar-refractivity contribution is 5.98. The van der Waals surface area contributed by atoms with Crippen LogP contribution in [-0.2, 0) is 25.5 Å². The molecule has 4 amide bonds. The minimum Gasteiger partial charge on any atom is -0.444 e. The molecule has 0 bridgehead atoms. The van der Waals surface area contributed by atoms with E-state index in [1.807, 2.05) is 37.3 Å². The topological polar surface area (TPSA) is 169 Å². The van der Waals surface area contributed by atoms with Crippen LogP contribution < -0.4 is 21.3 Å². The number of amides is 4. The molecule has 0 heterocycles. The van der Waals surface area contributed by atoms with Crippen molar-refractivity contribution in [2.24, 2.45) is 0 Å². The lowest BCUT2D eigenvalue weighted by atomic mass is 10.0. The Bertz CT molecular complexity index is 1200. The molecule has 12 nitrogen and oxygen atoms in total. The van der Waals surface area contributed by atoms with Crippen molar-refractivity contribution >= 4 is 35.2 Å². The number of nitro benzene ring substituents is 1. The number of non-ortho nitro benzene ring substituents is 1. The van der Waals surface area contributed by atoms with Crippen LogP contribution in [0.25, 0.3) is 0 Å².